The van der Waals surface area contributed by atoms with E-state index in [1.807, 2.05) is 24.3 Å². The summed E-state index contributed by atoms with van der Waals surface area (Å²) in [5.41, 5.74) is 0.812. The summed E-state index contributed by atoms with van der Waals surface area (Å²) >= 11 is 0. The number of hydrogen-bond acceptors (Lipinski definition) is 5. The molecule has 1 heterocycles. The number of anilines is 2. The molecule has 154 valence electrons. The van der Waals surface area contributed by atoms with E-state index >= 15 is 0 Å². The molecule has 2 aromatic carbocycles. The summed E-state index contributed by atoms with van der Waals surface area (Å²) < 4.78 is 0. The summed E-state index contributed by atoms with van der Waals surface area (Å²) in [6.07, 6.45) is 0. The predicted molar refractivity (Wildman–Crippen MR) is 112 cm³/mol. The van der Waals surface area contributed by atoms with Crippen LogP contribution in [0.25, 0.3) is 11.4 Å². The van der Waals surface area contributed by atoms with Gasteiger partial charge >= 0.3 is 12.0 Å². The van der Waals surface area contributed by atoms with Crippen LogP contribution in [0.1, 0.15) is 35.8 Å². The fourth-order valence-electron chi connectivity index (χ4n) is 2.74. The van der Waals surface area contributed by atoms with Gasteiger partial charge in [-0.25, -0.2) is 14.6 Å². The van der Waals surface area contributed by atoms with Gasteiger partial charge in [-0.2, -0.15) is 0 Å². The molecule has 0 spiro atoms. The second-order valence-electron chi connectivity index (χ2n) is 6.85. The summed E-state index contributed by atoms with van der Waals surface area (Å²) in [6.45, 7) is 4.16. The molecule has 5 N–H and O–H groups in total. The van der Waals surface area contributed by atoms with E-state index in [4.69, 9.17) is 5.11 Å². The van der Waals surface area contributed by atoms with Crippen LogP contribution in [-0.4, -0.2) is 32.2 Å². The summed E-state index contributed by atoms with van der Waals surface area (Å²) in [7, 11) is 0. The molecule has 3 rings (SSSR count). The zero-order valence-electron chi connectivity index (χ0n) is 16.3. The quantitative estimate of drug-likeness (QED) is 0.436. The Morgan fingerprint density at radius 2 is 1.70 bits per heavy atom. The predicted octanol–water partition coefficient (Wildman–Crippen LogP) is 3.61. The maximum absolute atomic E-state index is 12.3. The second kappa shape index (κ2) is 8.48. The van der Waals surface area contributed by atoms with Crippen LogP contribution in [0.5, 0.6) is 5.75 Å². The van der Waals surface area contributed by atoms with Crippen molar-refractivity contribution in [1.82, 2.24) is 9.97 Å². The summed E-state index contributed by atoms with van der Waals surface area (Å²) in [4.78, 5) is 41.3. The Kier molecular flexibility index (Phi) is 5.82. The number of hydrogen-bond donors (Lipinski definition) is 5. The number of aromatic hydroxyl groups is 1. The Hall–Kier alpha value is -4.14. The molecule has 9 heteroatoms. The van der Waals surface area contributed by atoms with E-state index in [9.17, 15) is 19.5 Å². The minimum Gasteiger partial charge on any atom is -0.501 e. The van der Waals surface area contributed by atoms with E-state index < -0.39 is 29.0 Å². The first-order valence-electron chi connectivity index (χ1n) is 9.09. The smallest absolute Gasteiger partial charge is 0.358 e. The summed E-state index contributed by atoms with van der Waals surface area (Å²) in [6, 6.07) is 13.4. The van der Waals surface area contributed by atoms with Crippen molar-refractivity contribution in [3.8, 4) is 17.1 Å². The lowest BCUT2D eigenvalue weighted by atomic mass is 10.0. The molecule has 1 aromatic heterocycles. The molecule has 0 atom stereocenters. The maximum atomic E-state index is 12.3. The van der Waals surface area contributed by atoms with Crippen molar-refractivity contribution in [2.45, 2.75) is 19.8 Å². The first kappa shape index (κ1) is 20.6. The van der Waals surface area contributed by atoms with E-state index in [2.05, 4.69) is 34.4 Å². The zero-order chi connectivity index (χ0) is 21.8. The topological polar surface area (TPSA) is 144 Å². The highest BCUT2D eigenvalue weighted by Crippen LogP contribution is 2.21. The van der Waals surface area contributed by atoms with Gasteiger partial charge in [-0.15, -0.1) is 0 Å². The molecule has 3 aromatic rings. The number of carbonyl (C=O) groups is 2. The van der Waals surface area contributed by atoms with E-state index in [1.54, 1.807) is 18.2 Å². The van der Waals surface area contributed by atoms with Gasteiger partial charge in [0, 0.05) is 16.9 Å². The molecular weight excluding hydrogens is 388 g/mol. The lowest BCUT2D eigenvalue weighted by molar-refractivity contribution is 0.0686. The van der Waals surface area contributed by atoms with Crippen LogP contribution in [0, 0.1) is 0 Å². The number of rotatable bonds is 5. The normalized spacial score (nSPS) is 10.6. The lowest BCUT2D eigenvalue weighted by Crippen LogP contribution is -2.19. The number of urea groups is 1. The molecule has 2 amide bonds. The number of aromatic carboxylic acids is 1. The highest BCUT2D eigenvalue weighted by molar-refractivity contribution is 6.00. The third-order valence-electron chi connectivity index (χ3n) is 4.33. The SMILES string of the molecule is CC(C)c1ccc(NC(=O)Nc2cccc(-c3nc(C(=O)O)c(O)c(=O)[nH]3)c2)cc1. The van der Waals surface area contributed by atoms with Crippen LogP contribution in [0.3, 0.4) is 0 Å². The number of benzene rings is 2. The van der Waals surface area contributed by atoms with Crippen molar-refractivity contribution in [2.24, 2.45) is 0 Å². The van der Waals surface area contributed by atoms with Crippen LogP contribution < -0.4 is 16.2 Å². The number of H-pyrrole nitrogens is 1. The average molecular weight is 408 g/mol. The molecule has 0 fully saturated rings. The fraction of sp³-hybridized carbons (Fsp3) is 0.143. The molecular formula is C21H20N4O5. The van der Waals surface area contributed by atoms with Crippen molar-refractivity contribution in [3.63, 3.8) is 0 Å². The van der Waals surface area contributed by atoms with Gasteiger partial charge < -0.3 is 25.8 Å². The lowest BCUT2D eigenvalue weighted by Gasteiger charge is -2.11. The number of carbonyl (C=O) groups excluding carboxylic acids is 1. The van der Waals surface area contributed by atoms with Crippen molar-refractivity contribution < 1.29 is 19.8 Å². The van der Waals surface area contributed by atoms with E-state index in [1.165, 1.54) is 6.07 Å². The van der Waals surface area contributed by atoms with E-state index in [0.717, 1.165) is 5.56 Å². The van der Waals surface area contributed by atoms with Crippen LogP contribution in [0.2, 0.25) is 0 Å². The Labute approximate surface area is 171 Å². The molecule has 9 nitrogen and oxygen atoms in total. The first-order valence-corrected chi connectivity index (χ1v) is 9.09. The number of nitrogens with one attached hydrogen (secondary N) is 3. The van der Waals surface area contributed by atoms with Crippen LogP contribution in [-0.2, 0) is 0 Å². The number of nitrogens with zero attached hydrogens (tertiary/aromatic N) is 1. The molecule has 0 aliphatic heterocycles. The third-order valence-corrected chi connectivity index (χ3v) is 4.33. The number of aromatic nitrogens is 2. The van der Waals surface area contributed by atoms with Crippen molar-refractivity contribution in [1.29, 1.82) is 0 Å². The fourth-order valence-corrected chi connectivity index (χ4v) is 2.74. The number of carboxylic acids is 1. The third kappa shape index (κ3) is 4.64. The van der Waals surface area contributed by atoms with Gasteiger partial charge in [-0.3, -0.25) is 4.79 Å². The summed E-state index contributed by atoms with van der Waals surface area (Å²) in [5.74, 6) is -2.17. The van der Waals surface area contributed by atoms with Crippen molar-refractivity contribution in [2.75, 3.05) is 10.6 Å². The minimum absolute atomic E-state index is 0.0523. The van der Waals surface area contributed by atoms with Crippen LogP contribution >= 0.6 is 0 Å². The summed E-state index contributed by atoms with van der Waals surface area (Å²) in [5, 5.41) is 24.0. The number of amides is 2. The average Bonchev–Trinajstić information content (AvgIpc) is 2.70. The largest absolute Gasteiger partial charge is 0.501 e. The Bertz CT molecular complexity index is 1150. The van der Waals surface area contributed by atoms with E-state index in [-0.39, 0.29) is 5.82 Å². The number of carboxylic acid groups (broad SMARTS) is 1. The van der Waals surface area contributed by atoms with Crippen LogP contribution in [0.15, 0.2) is 53.3 Å². The zero-order valence-corrected chi connectivity index (χ0v) is 16.3. The van der Waals surface area contributed by atoms with Gasteiger partial charge in [-0.05, 0) is 35.7 Å². The molecule has 30 heavy (non-hydrogen) atoms. The number of aromatic amines is 1. The van der Waals surface area contributed by atoms with Gasteiger partial charge in [0.15, 0.2) is 5.69 Å². The Balaban J connectivity index is 1.78. The van der Waals surface area contributed by atoms with Gasteiger partial charge in [0.05, 0.1) is 0 Å². The monoisotopic (exact) mass is 408 g/mol. The van der Waals surface area contributed by atoms with Crippen molar-refractivity contribution in [3.05, 3.63) is 70.1 Å². The van der Waals surface area contributed by atoms with Gasteiger partial charge in [-0.1, -0.05) is 38.1 Å². The van der Waals surface area contributed by atoms with Crippen molar-refractivity contribution >= 4 is 23.4 Å². The highest BCUT2D eigenvalue weighted by Gasteiger charge is 2.17. The van der Waals surface area contributed by atoms with Gasteiger partial charge in [0.2, 0.25) is 5.75 Å². The maximum Gasteiger partial charge on any atom is 0.358 e. The molecule has 0 unspecified atom stereocenters. The molecule has 0 saturated heterocycles. The Morgan fingerprint density at radius 3 is 2.33 bits per heavy atom. The molecule has 0 aliphatic carbocycles. The highest BCUT2D eigenvalue weighted by atomic mass is 16.4. The van der Waals surface area contributed by atoms with Gasteiger partial charge in [0.1, 0.15) is 5.82 Å². The van der Waals surface area contributed by atoms with Gasteiger partial charge in [0.25, 0.3) is 5.56 Å². The standard InChI is InChI=1S/C21H20N4O5/c1-11(2)12-6-8-14(9-7-12)22-21(30)23-15-5-3-4-13(10-15)18-24-16(20(28)29)17(26)19(27)25-18/h3-11,26H,1-2H3,(H,28,29)(H2,22,23,30)(H,24,25,27). The molecule has 0 radical (unpaired) electrons. The molecule has 0 saturated carbocycles. The second-order valence-corrected chi connectivity index (χ2v) is 6.85. The van der Waals surface area contributed by atoms with Crippen LogP contribution in [0.4, 0.5) is 16.2 Å². The first-order chi connectivity index (χ1) is 14.2. The molecule has 0 bridgehead atoms. The minimum atomic E-state index is -1.53. The Morgan fingerprint density at radius 1 is 1.03 bits per heavy atom. The molecule has 0 aliphatic rings. The van der Waals surface area contributed by atoms with E-state index in [0.29, 0.717) is 22.9 Å².